The number of nitrogens with one attached hydrogen (secondary N) is 2. The molecule has 0 bridgehead atoms. The van der Waals surface area contributed by atoms with E-state index in [-0.39, 0.29) is 5.02 Å². The van der Waals surface area contributed by atoms with Crippen LogP contribution in [0.3, 0.4) is 0 Å². The Morgan fingerprint density at radius 3 is 2.12 bits per heavy atom. The number of quaternary nitrogens is 1. The van der Waals surface area contributed by atoms with Crippen LogP contribution in [0.25, 0.3) is 0 Å². The molecule has 12 heteroatoms. The molecule has 0 aliphatic carbocycles. The van der Waals surface area contributed by atoms with Crippen molar-refractivity contribution in [3.8, 4) is 0 Å². The topological polar surface area (TPSA) is 76.8 Å². The highest BCUT2D eigenvalue weighted by molar-refractivity contribution is 6.31. The standard InChI is InChI=1S/C12H11ClF6N2O3/c1-2-10(11(14,15)16,12(17,18)19)9(22)20-7-4-3-6(13)5-8(7)21(23)24/h3-5,21,23H,2H2,1H3,(H,20,22). The van der Waals surface area contributed by atoms with Gasteiger partial charge in [0.05, 0.1) is 0 Å². The molecule has 1 atom stereocenters. The van der Waals surface area contributed by atoms with Crippen LogP contribution in [0, 0.1) is 10.6 Å². The van der Waals surface area contributed by atoms with Gasteiger partial charge in [0.1, 0.15) is 5.69 Å². The molecule has 0 spiro atoms. The van der Waals surface area contributed by atoms with Crippen LogP contribution in [0.4, 0.5) is 37.7 Å². The molecule has 0 saturated heterocycles. The summed E-state index contributed by atoms with van der Waals surface area (Å²) in [5, 5.41) is 19.5. The second kappa shape index (κ2) is 6.75. The van der Waals surface area contributed by atoms with Crippen molar-refractivity contribution >= 4 is 28.9 Å². The lowest BCUT2D eigenvalue weighted by Crippen LogP contribution is -2.99. The fourth-order valence-electron chi connectivity index (χ4n) is 2.01. The molecule has 0 aliphatic rings. The second-order valence-corrected chi connectivity index (χ2v) is 5.14. The lowest BCUT2D eigenvalue weighted by atomic mass is 9.82. The summed E-state index contributed by atoms with van der Waals surface area (Å²) < 4.78 is 78.2. The SMILES string of the molecule is CCC(C(=O)Nc1ccc(Cl)cc1[NH+]([O-])O)(C(F)(F)F)C(F)(F)F. The average Bonchev–Trinajstić information content (AvgIpc) is 2.38. The molecule has 0 saturated carbocycles. The Kier molecular flexibility index (Phi) is 5.76. The van der Waals surface area contributed by atoms with E-state index >= 15 is 0 Å². The molecular formula is C12H11ClF6N2O3. The van der Waals surface area contributed by atoms with E-state index in [4.69, 9.17) is 16.8 Å². The van der Waals surface area contributed by atoms with E-state index in [0.29, 0.717) is 6.92 Å². The number of hydrogen-bond donors (Lipinski definition) is 3. The molecule has 1 unspecified atom stereocenters. The molecule has 0 heterocycles. The summed E-state index contributed by atoms with van der Waals surface area (Å²) in [7, 11) is 0. The first-order valence-electron chi connectivity index (χ1n) is 6.25. The Morgan fingerprint density at radius 1 is 1.25 bits per heavy atom. The number of hydrogen-bond acceptors (Lipinski definition) is 3. The lowest BCUT2D eigenvalue weighted by Gasteiger charge is -2.35. The van der Waals surface area contributed by atoms with E-state index < -0.39 is 46.7 Å². The highest BCUT2D eigenvalue weighted by Gasteiger charge is 2.74. The normalized spacial score (nSPS) is 14.4. The van der Waals surface area contributed by atoms with Crippen LogP contribution in [0.1, 0.15) is 13.3 Å². The summed E-state index contributed by atoms with van der Waals surface area (Å²) in [5.41, 5.74) is -6.15. The van der Waals surface area contributed by atoms with Crippen LogP contribution in [0.15, 0.2) is 18.2 Å². The highest BCUT2D eigenvalue weighted by Crippen LogP contribution is 2.53. The van der Waals surface area contributed by atoms with Gasteiger partial charge in [0, 0.05) is 11.1 Å². The maximum Gasteiger partial charge on any atom is 0.412 e. The summed E-state index contributed by atoms with van der Waals surface area (Å²) in [6.45, 7) is 0.556. The molecule has 136 valence electrons. The Bertz CT molecular complexity index is 604. The number of alkyl halides is 6. The molecule has 1 aromatic rings. The van der Waals surface area contributed by atoms with Crippen LogP contribution in [-0.4, -0.2) is 23.5 Å². The van der Waals surface area contributed by atoms with Crippen molar-refractivity contribution in [2.45, 2.75) is 25.7 Å². The van der Waals surface area contributed by atoms with Gasteiger partial charge >= 0.3 is 12.4 Å². The first-order valence-corrected chi connectivity index (χ1v) is 6.63. The van der Waals surface area contributed by atoms with Crippen molar-refractivity contribution in [1.82, 2.24) is 0 Å². The first kappa shape index (κ1) is 20.5. The van der Waals surface area contributed by atoms with E-state index in [1.807, 2.05) is 0 Å². The third-order valence-corrected chi connectivity index (χ3v) is 3.58. The van der Waals surface area contributed by atoms with Gasteiger partial charge in [-0.05, 0) is 18.6 Å². The van der Waals surface area contributed by atoms with Gasteiger partial charge in [0.25, 0.3) is 0 Å². The van der Waals surface area contributed by atoms with Crippen molar-refractivity contribution in [2.24, 2.45) is 5.41 Å². The fourth-order valence-corrected chi connectivity index (χ4v) is 2.18. The van der Waals surface area contributed by atoms with Gasteiger partial charge in [-0.15, -0.1) is 0 Å². The van der Waals surface area contributed by atoms with Gasteiger partial charge in [-0.25, -0.2) is 5.21 Å². The molecule has 1 amide bonds. The van der Waals surface area contributed by atoms with Crippen molar-refractivity contribution in [3.63, 3.8) is 0 Å². The average molecular weight is 381 g/mol. The van der Waals surface area contributed by atoms with Crippen LogP contribution in [0.5, 0.6) is 0 Å². The molecule has 3 N–H and O–H groups in total. The predicted octanol–water partition coefficient (Wildman–Crippen LogP) is 3.20. The highest BCUT2D eigenvalue weighted by atomic mass is 35.5. The summed E-state index contributed by atoms with van der Waals surface area (Å²) in [4.78, 5) is 11.8. The number of amides is 1. The Balaban J connectivity index is 3.39. The van der Waals surface area contributed by atoms with Crippen molar-refractivity contribution in [3.05, 3.63) is 28.4 Å². The third-order valence-electron chi connectivity index (χ3n) is 3.35. The van der Waals surface area contributed by atoms with E-state index in [1.54, 1.807) is 0 Å². The molecule has 24 heavy (non-hydrogen) atoms. The predicted molar refractivity (Wildman–Crippen MR) is 70.7 cm³/mol. The molecule has 0 aromatic heterocycles. The van der Waals surface area contributed by atoms with E-state index in [1.165, 1.54) is 5.32 Å². The molecule has 1 rings (SSSR count). The van der Waals surface area contributed by atoms with Crippen LogP contribution < -0.4 is 10.5 Å². The van der Waals surface area contributed by atoms with Crippen molar-refractivity contribution in [2.75, 3.05) is 5.32 Å². The Labute approximate surface area is 136 Å². The zero-order valence-corrected chi connectivity index (χ0v) is 12.6. The van der Waals surface area contributed by atoms with Gasteiger partial charge in [0.15, 0.2) is 5.69 Å². The van der Waals surface area contributed by atoms with Gasteiger partial charge in [0.2, 0.25) is 11.3 Å². The Morgan fingerprint density at radius 2 is 1.75 bits per heavy atom. The summed E-state index contributed by atoms with van der Waals surface area (Å²) in [5.74, 6) is -2.42. The molecule has 0 radical (unpaired) electrons. The van der Waals surface area contributed by atoms with Crippen LogP contribution >= 0.6 is 11.6 Å². The number of anilines is 1. The molecule has 1 aromatic carbocycles. The summed E-state index contributed by atoms with van der Waals surface area (Å²) >= 11 is 5.52. The maximum absolute atomic E-state index is 13.0. The van der Waals surface area contributed by atoms with E-state index in [0.717, 1.165) is 18.2 Å². The van der Waals surface area contributed by atoms with Crippen molar-refractivity contribution < 1.29 is 41.6 Å². The second-order valence-electron chi connectivity index (χ2n) is 4.70. The molecule has 0 fully saturated rings. The van der Waals surface area contributed by atoms with E-state index in [9.17, 15) is 36.3 Å². The largest absolute Gasteiger partial charge is 0.595 e. The number of carbonyl (C=O) groups is 1. The zero-order valence-electron chi connectivity index (χ0n) is 11.8. The molecule has 0 aliphatic heterocycles. The van der Waals surface area contributed by atoms with Crippen LogP contribution in [0.2, 0.25) is 5.02 Å². The first-order chi connectivity index (χ1) is 10.8. The Hall–Kier alpha value is -1.56. The number of benzene rings is 1. The minimum absolute atomic E-state index is 0.126. The smallest absolute Gasteiger partial charge is 0.412 e. The van der Waals surface area contributed by atoms with Crippen LogP contribution in [-0.2, 0) is 4.79 Å². The fraction of sp³-hybridized carbons (Fsp3) is 0.417. The minimum Gasteiger partial charge on any atom is -0.595 e. The molecular weight excluding hydrogens is 370 g/mol. The number of carbonyl (C=O) groups excluding carboxylic acids is 1. The lowest BCUT2D eigenvalue weighted by molar-refractivity contribution is -0.990. The van der Waals surface area contributed by atoms with Gasteiger partial charge in [-0.1, -0.05) is 18.5 Å². The number of rotatable bonds is 4. The quantitative estimate of drug-likeness (QED) is 0.554. The maximum atomic E-state index is 13.0. The monoisotopic (exact) mass is 380 g/mol. The number of halogens is 7. The minimum atomic E-state index is -5.93. The third kappa shape index (κ3) is 3.58. The molecule has 5 nitrogen and oxygen atoms in total. The summed E-state index contributed by atoms with van der Waals surface area (Å²) in [6.07, 6.45) is -13.5. The van der Waals surface area contributed by atoms with Gasteiger partial charge < -0.3 is 10.5 Å². The van der Waals surface area contributed by atoms with E-state index in [2.05, 4.69) is 0 Å². The zero-order chi connectivity index (χ0) is 18.9. The summed E-state index contributed by atoms with van der Waals surface area (Å²) in [6, 6.07) is 2.60. The van der Waals surface area contributed by atoms with Crippen molar-refractivity contribution in [1.29, 1.82) is 0 Å². The van der Waals surface area contributed by atoms with Gasteiger partial charge in [-0.2, -0.15) is 31.6 Å². The van der Waals surface area contributed by atoms with Gasteiger partial charge in [-0.3, -0.25) is 4.79 Å².